The Hall–Kier alpha value is 0.177. The van der Waals surface area contributed by atoms with Crippen LogP contribution in [0.1, 0.15) is 6.42 Å². The molecule has 1 fully saturated rings. The van der Waals surface area contributed by atoms with Gasteiger partial charge in [0.25, 0.3) is 0 Å². The molecule has 0 aromatic rings. The molecule has 0 atom stereocenters. The number of rotatable bonds is 0. The third-order valence-corrected chi connectivity index (χ3v) is 1.59. The van der Waals surface area contributed by atoms with Crippen LogP contribution in [-0.2, 0) is 4.43 Å². The van der Waals surface area contributed by atoms with Gasteiger partial charge in [-0.3, -0.25) is 0 Å². The lowest BCUT2D eigenvalue weighted by Gasteiger charge is -1.75. The maximum Gasteiger partial charge on any atom is 0.229 e. The normalized spacial score (nSPS) is 24.0. The first-order valence-electron chi connectivity index (χ1n) is 1.85. The van der Waals surface area contributed by atoms with E-state index in [4.69, 9.17) is 4.43 Å². The van der Waals surface area contributed by atoms with Crippen LogP contribution in [0.2, 0.25) is 6.04 Å². The highest BCUT2D eigenvalue weighted by Gasteiger charge is 1.97. The molecule has 0 aromatic heterocycles. The van der Waals surface area contributed by atoms with Crippen LogP contribution in [0.5, 0.6) is 0 Å². The Labute approximate surface area is 34.3 Å². The lowest BCUT2D eigenvalue weighted by atomic mass is 10.5. The van der Waals surface area contributed by atoms with Crippen LogP contribution in [0.4, 0.5) is 0 Å². The van der Waals surface area contributed by atoms with Gasteiger partial charge in [-0.2, -0.15) is 0 Å². The summed E-state index contributed by atoms with van der Waals surface area (Å²) >= 11 is 0. The van der Waals surface area contributed by atoms with Gasteiger partial charge in [0.15, 0.2) is 0 Å². The SMILES string of the molecule is C1CO[Si]C1. The van der Waals surface area contributed by atoms with E-state index in [0.29, 0.717) is 0 Å². The van der Waals surface area contributed by atoms with Crippen molar-refractivity contribution in [3.05, 3.63) is 0 Å². The number of hydrogen-bond donors (Lipinski definition) is 0. The van der Waals surface area contributed by atoms with Crippen molar-refractivity contribution >= 4 is 9.76 Å². The summed E-state index contributed by atoms with van der Waals surface area (Å²) in [5, 5.41) is 0. The van der Waals surface area contributed by atoms with Crippen molar-refractivity contribution in [1.29, 1.82) is 0 Å². The van der Waals surface area contributed by atoms with Crippen molar-refractivity contribution in [2.45, 2.75) is 12.5 Å². The summed E-state index contributed by atoms with van der Waals surface area (Å²) in [6.45, 7) is 1.01. The monoisotopic (exact) mass is 86.0 g/mol. The van der Waals surface area contributed by atoms with E-state index >= 15 is 0 Å². The Balaban J connectivity index is 2.08. The molecule has 0 unspecified atom stereocenters. The summed E-state index contributed by atoms with van der Waals surface area (Å²) < 4.78 is 4.97. The first-order chi connectivity index (χ1) is 2.50. The maximum absolute atomic E-state index is 4.97. The first kappa shape index (κ1) is 3.37. The molecule has 0 aliphatic carbocycles. The second kappa shape index (κ2) is 1.57. The summed E-state index contributed by atoms with van der Waals surface area (Å²) in [6.07, 6.45) is 1.29. The van der Waals surface area contributed by atoms with Gasteiger partial charge in [-0.1, -0.05) is 0 Å². The Bertz CT molecular complexity index is 18.5. The minimum absolute atomic E-state index is 0.809. The van der Waals surface area contributed by atoms with Crippen molar-refractivity contribution in [2.24, 2.45) is 0 Å². The Kier molecular flexibility index (Phi) is 1.06. The molecule has 0 N–H and O–H groups in total. The zero-order valence-electron chi connectivity index (χ0n) is 3.03. The van der Waals surface area contributed by atoms with E-state index in [1.54, 1.807) is 0 Å². The third kappa shape index (κ3) is 0.739. The third-order valence-electron chi connectivity index (χ3n) is 0.627. The first-order valence-corrected chi connectivity index (χ1v) is 2.96. The highest BCUT2D eigenvalue weighted by Crippen LogP contribution is 1.97. The molecule has 2 radical (unpaired) electrons. The van der Waals surface area contributed by atoms with Gasteiger partial charge in [0.2, 0.25) is 9.76 Å². The lowest BCUT2D eigenvalue weighted by molar-refractivity contribution is 0.374. The largest absolute Gasteiger partial charge is 0.417 e. The van der Waals surface area contributed by atoms with E-state index < -0.39 is 0 Å². The Morgan fingerprint density at radius 1 is 1.60 bits per heavy atom. The number of hydrogen-bond acceptors (Lipinski definition) is 1. The van der Waals surface area contributed by atoms with E-state index in [0.717, 1.165) is 16.4 Å². The fourth-order valence-corrected chi connectivity index (χ4v) is 1.08. The molecule has 5 heavy (non-hydrogen) atoms. The quantitative estimate of drug-likeness (QED) is 0.389. The maximum atomic E-state index is 4.97. The molecule has 1 heterocycles. The van der Waals surface area contributed by atoms with Crippen molar-refractivity contribution in [2.75, 3.05) is 6.61 Å². The molecule has 0 aromatic carbocycles. The van der Waals surface area contributed by atoms with Crippen LogP contribution in [-0.4, -0.2) is 16.4 Å². The van der Waals surface area contributed by atoms with E-state index in [1.807, 2.05) is 0 Å². The standard InChI is InChI=1S/C3H6OSi/c1-2-4-5-3-1/h1-3H2. The second-order valence-corrected chi connectivity index (χ2v) is 2.17. The van der Waals surface area contributed by atoms with Crippen molar-refractivity contribution in [1.82, 2.24) is 0 Å². The van der Waals surface area contributed by atoms with Crippen molar-refractivity contribution in [3.8, 4) is 0 Å². The zero-order valence-corrected chi connectivity index (χ0v) is 4.03. The molecule has 0 spiro atoms. The van der Waals surface area contributed by atoms with E-state index in [1.165, 1.54) is 12.5 Å². The fourth-order valence-electron chi connectivity index (χ4n) is 0.361. The van der Waals surface area contributed by atoms with Crippen molar-refractivity contribution in [3.63, 3.8) is 0 Å². The lowest BCUT2D eigenvalue weighted by Crippen LogP contribution is -1.80. The molecular formula is C3H6OSi. The van der Waals surface area contributed by atoms with Gasteiger partial charge in [0, 0.05) is 6.61 Å². The van der Waals surface area contributed by atoms with Gasteiger partial charge in [-0.05, 0) is 12.5 Å². The summed E-state index contributed by atoms with van der Waals surface area (Å²) in [4.78, 5) is 0. The van der Waals surface area contributed by atoms with Gasteiger partial charge < -0.3 is 4.43 Å². The van der Waals surface area contributed by atoms with Gasteiger partial charge in [0.1, 0.15) is 0 Å². The smallest absolute Gasteiger partial charge is 0.229 e. The molecule has 1 saturated heterocycles. The van der Waals surface area contributed by atoms with E-state index in [2.05, 4.69) is 0 Å². The summed E-state index contributed by atoms with van der Waals surface area (Å²) in [5.74, 6) is 0. The van der Waals surface area contributed by atoms with Gasteiger partial charge in [0.05, 0.1) is 0 Å². The van der Waals surface area contributed by atoms with Crippen LogP contribution >= 0.6 is 0 Å². The average molecular weight is 86.2 g/mol. The molecule has 1 rings (SSSR count). The molecule has 0 amide bonds. The molecule has 0 saturated carbocycles. The van der Waals surface area contributed by atoms with Crippen LogP contribution in [0.25, 0.3) is 0 Å². The van der Waals surface area contributed by atoms with Gasteiger partial charge >= 0.3 is 0 Å². The average Bonchev–Trinajstić information content (AvgIpc) is 1.76. The topological polar surface area (TPSA) is 9.23 Å². The summed E-state index contributed by atoms with van der Waals surface area (Å²) in [5.41, 5.74) is 0. The van der Waals surface area contributed by atoms with Crippen LogP contribution in [0.3, 0.4) is 0 Å². The minimum atomic E-state index is 0.809. The molecule has 1 aliphatic heterocycles. The molecule has 0 bridgehead atoms. The molecule has 2 heteroatoms. The van der Waals surface area contributed by atoms with Crippen molar-refractivity contribution < 1.29 is 4.43 Å². The predicted octanol–water partition coefficient (Wildman–Crippen LogP) is 0.444. The molecule has 1 aliphatic rings. The summed E-state index contributed by atoms with van der Waals surface area (Å²) in [6, 6.07) is 1.31. The highest BCUT2D eigenvalue weighted by molar-refractivity contribution is 6.27. The Morgan fingerprint density at radius 3 is 2.80 bits per heavy atom. The highest BCUT2D eigenvalue weighted by atomic mass is 28.2. The molecule has 1 nitrogen and oxygen atoms in total. The van der Waals surface area contributed by atoms with Crippen LogP contribution in [0.15, 0.2) is 0 Å². The molecular weight excluding hydrogens is 80.1 g/mol. The van der Waals surface area contributed by atoms with Crippen LogP contribution < -0.4 is 0 Å². The predicted molar refractivity (Wildman–Crippen MR) is 21.1 cm³/mol. The van der Waals surface area contributed by atoms with Gasteiger partial charge in [-0.15, -0.1) is 0 Å². The minimum Gasteiger partial charge on any atom is -0.417 e. The second-order valence-electron chi connectivity index (χ2n) is 1.10. The van der Waals surface area contributed by atoms with Gasteiger partial charge in [-0.25, -0.2) is 0 Å². The van der Waals surface area contributed by atoms with E-state index in [-0.39, 0.29) is 0 Å². The van der Waals surface area contributed by atoms with E-state index in [9.17, 15) is 0 Å². The van der Waals surface area contributed by atoms with Crippen LogP contribution in [0, 0.1) is 0 Å². The fraction of sp³-hybridized carbons (Fsp3) is 1.00. The molecule has 28 valence electrons. The summed E-state index contributed by atoms with van der Waals surface area (Å²) in [7, 11) is 0.809. The Morgan fingerprint density at radius 2 is 2.60 bits per heavy atom. The zero-order chi connectivity index (χ0) is 3.54.